The van der Waals surface area contributed by atoms with Crippen molar-refractivity contribution in [1.29, 1.82) is 0 Å². The fourth-order valence-electron chi connectivity index (χ4n) is 2.88. The number of hydrogen-bond acceptors (Lipinski definition) is 4. The first kappa shape index (κ1) is 15.0. The van der Waals surface area contributed by atoms with Gasteiger partial charge in [-0.05, 0) is 50.8 Å². The lowest BCUT2D eigenvalue weighted by Crippen LogP contribution is -2.30. The molecule has 1 fully saturated rings. The van der Waals surface area contributed by atoms with Gasteiger partial charge in [-0.15, -0.1) is 11.3 Å². The third-order valence-electron chi connectivity index (χ3n) is 3.77. The highest BCUT2D eigenvalue weighted by Crippen LogP contribution is 2.35. The van der Waals surface area contributed by atoms with E-state index < -0.39 is 9.84 Å². The summed E-state index contributed by atoms with van der Waals surface area (Å²) in [4.78, 5) is 2.62. The second-order valence-corrected chi connectivity index (χ2v) is 9.15. The average molecular weight is 301 g/mol. The Hall–Kier alpha value is -0.390. The summed E-state index contributed by atoms with van der Waals surface area (Å²) in [6.07, 6.45) is 1.86. The van der Waals surface area contributed by atoms with Gasteiger partial charge in [0.05, 0.1) is 11.5 Å². The Labute approximate surface area is 120 Å². The highest BCUT2D eigenvalue weighted by atomic mass is 32.2. The smallest absolute Gasteiger partial charge is 0.150 e. The van der Waals surface area contributed by atoms with E-state index in [0.717, 1.165) is 19.4 Å². The molecule has 1 aromatic rings. The van der Waals surface area contributed by atoms with Gasteiger partial charge in [0.15, 0.2) is 9.84 Å². The van der Waals surface area contributed by atoms with Gasteiger partial charge in [0, 0.05) is 15.8 Å². The van der Waals surface area contributed by atoms with Crippen LogP contribution in [-0.4, -0.2) is 26.5 Å². The average Bonchev–Trinajstić information content (AvgIpc) is 2.83. The van der Waals surface area contributed by atoms with Crippen LogP contribution in [0.15, 0.2) is 6.07 Å². The molecule has 2 heterocycles. The van der Waals surface area contributed by atoms with Gasteiger partial charge in [-0.3, -0.25) is 0 Å². The topological polar surface area (TPSA) is 46.2 Å². The molecule has 0 saturated carbocycles. The Morgan fingerprint density at radius 2 is 2.21 bits per heavy atom. The van der Waals surface area contributed by atoms with Crippen LogP contribution in [0.25, 0.3) is 0 Å². The molecule has 3 nitrogen and oxygen atoms in total. The highest BCUT2D eigenvalue weighted by Gasteiger charge is 2.35. The molecule has 1 aliphatic heterocycles. The SMILES string of the molecule is CCCNC(c1cc(C)sc1C)C1CCS(=O)(=O)C1. The highest BCUT2D eigenvalue weighted by molar-refractivity contribution is 7.91. The lowest BCUT2D eigenvalue weighted by molar-refractivity contribution is 0.392. The molecule has 0 aromatic carbocycles. The first-order valence-corrected chi connectivity index (χ1v) is 9.57. The summed E-state index contributed by atoms with van der Waals surface area (Å²) >= 11 is 1.80. The van der Waals surface area contributed by atoms with Crippen molar-refractivity contribution in [2.24, 2.45) is 5.92 Å². The Balaban J connectivity index is 2.23. The van der Waals surface area contributed by atoms with Gasteiger partial charge in [0.1, 0.15) is 0 Å². The van der Waals surface area contributed by atoms with E-state index in [1.807, 2.05) is 0 Å². The molecular formula is C14H23NO2S2. The van der Waals surface area contributed by atoms with E-state index in [1.165, 1.54) is 15.3 Å². The maximum Gasteiger partial charge on any atom is 0.150 e. The molecule has 2 rings (SSSR count). The molecule has 0 amide bonds. The third-order valence-corrected chi connectivity index (χ3v) is 6.54. The quantitative estimate of drug-likeness (QED) is 0.909. The molecular weight excluding hydrogens is 278 g/mol. The molecule has 19 heavy (non-hydrogen) atoms. The lowest BCUT2D eigenvalue weighted by atomic mass is 9.92. The molecule has 2 unspecified atom stereocenters. The predicted octanol–water partition coefficient (Wildman–Crippen LogP) is 2.84. The molecule has 0 aliphatic carbocycles. The van der Waals surface area contributed by atoms with Crippen LogP contribution in [0.4, 0.5) is 0 Å². The van der Waals surface area contributed by atoms with Gasteiger partial charge in [0.2, 0.25) is 0 Å². The van der Waals surface area contributed by atoms with E-state index in [0.29, 0.717) is 11.5 Å². The monoisotopic (exact) mass is 301 g/mol. The molecule has 0 spiro atoms. The number of thiophene rings is 1. The Bertz CT molecular complexity index is 534. The van der Waals surface area contributed by atoms with E-state index in [9.17, 15) is 8.42 Å². The van der Waals surface area contributed by atoms with Crippen molar-refractivity contribution in [3.63, 3.8) is 0 Å². The Morgan fingerprint density at radius 1 is 1.47 bits per heavy atom. The maximum atomic E-state index is 11.7. The van der Waals surface area contributed by atoms with Crippen LogP contribution in [0.1, 0.15) is 41.1 Å². The van der Waals surface area contributed by atoms with Crippen molar-refractivity contribution in [2.75, 3.05) is 18.1 Å². The second-order valence-electron chi connectivity index (χ2n) is 5.46. The van der Waals surface area contributed by atoms with Crippen molar-refractivity contribution in [3.05, 3.63) is 21.4 Å². The number of hydrogen-bond donors (Lipinski definition) is 1. The molecule has 1 aromatic heterocycles. The van der Waals surface area contributed by atoms with Crippen molar-refractivity contribution < 1.29 is 8.42 Å². The van der Waals surface area contributed by atoms with Crippen LogP contribution in [0.2, 0.25) is 0 Å². The minimum Gasteiger partial charge on any atom is -0.310 e. The van der Waals surface area contributed by atoms with Crippen LogP contribution >= 0.6 is 11.3 Å². The van der Waals surface area contributed by atoms with Crippen molar-refractivity contribution >= 4 is 21.2 Å². The summed E-state index contributed by atoms with van der Waals surface area (Å²) in [5, 5.41) is 3.56. The minimum atomic E-state index is -2.82. The fourth-order valence-corrected chi connectivity index (χ4v) is 5.69. The standard InChI is InChI=1S/C14H23NO2S2/c1-4-6-15-14(12-5-7-19(16,17)9-12)13-8-10(2)18-11(13)3/h8,12,14-15H,4-7,9H2,1-3H3. The van der Waals surface area contributed by atoms with E-state index in [4.69, 9.17) is 0 Å². The molecule has 1 saturated heterocycles. The fraction of sp³-hybridized carbons (Fsp3) is 0.714. The molecule has 1 aliphatic rings. The Morgan fingerprint density at radius 3 is 2.68 bits per heavy atom. The first-order chi connectivity index (χ1) is 8.93. The molecule has 108 valence electrons. The van der Waals surface area contributed by atoms with Crippen molar-refractivity contribution in [1.82, 2.24) is 5.32 Å². The maximum absolute atomic E-state index is 11.7. The largest absolute Gasteiger partial charge is 0.310 e. The van der Waals surface area contributed by atoms with Crippen LogP contribution in [0, 0.1) is 19.8 Å². The van der Waals surface area contributed by atoms with Gasteiger partial charge in [0.25, 0.3) is 0 Å². The Kier molecular flexibility index (Phi) is 4.69. The molecule has 0 radical (unpaired) electrons. The first-order valence-electron chi connectivity index (χ1n) is 6.93. The van der Waals surface area contributed by atoms with Gasteiger partial charge >= 0.3 is 0 Å². The summed E-state index contributed by atoms with van der Waals surface area (Å²) in [6, 6.07) is 2.42. The second kappa shape index (κ2) is 5.94. The van der Waals surface area contributed by atoms with E-state index >= 15 is 0 Å². The molecule has 2 atom stereocenters. The molecule has 1 N–H and O–H groups in total. The number of nitrogens with one attached hydrogen (secondary N) is 1. The van der Waals surface area contributed by atoms with Gasteiger partial charge in [-0.2, -0.15) is 0 Å². The van der Waals surface area contributed by atoms with Gasteiger partial charge in [-0.25, -0.2) is 8.42 Å². The summed E-state index contributed by atoms with van der Waals surface area (Å²) in [5.41, 5.74) is 1.30. The van der Waals surface area contributed by atoms with Gasteiger partial charge in [-0.1, -0.05) is 6.92 Å². The van der Waals surface area contributed by atoms with Crippen molar-refractivity contribution in [3.8, 4) is 0 Å². The summed E-state index contributed by atoms with van der Waals surface area (Å²) < 4.78 is 23.4. The summed E-state index contributed by atoms with van der Waals surface area (Å²) in [6.45, 7) is 7.33. The lowest BCUT2D eigenvalue weighted by Gasteiger charge is -2.24. The predicted molar refractivity (Wildman–Crippen MR) is 81.6 cm³/mol. The zero-order valence-electron chi connectivity index (χ0n) is 11.9. The number of rotatable bonds is 5. The van der Waals surface area contributed by atoms with Crippen LogP contribution < -0.4 is 5.32 Å². The third kappa shape index (κ3) is 3.58. The normalized spacial score (nSPS) is 23.6. The van der Waals surface area contributed by atoms with Crippen LogP contribution in [-0.2, 0) is 9.84 Å². The molecule has 5 heteroatoms. The zero-order chi connectivity index (χ0) is 14.0. The van der Waals surface area contributed by atoms with E-state index in [1.54, 1.807) is 11.3 Å². The van der Waals surface area contributed by atoms with Crippen molar-refractivity contribution in [2.45, 2.75) is 39.7 Å². The number of sulfone groups is 1. The van der Waals surface area contributed by atoms with Gasteiger partial charge < -0.3 is 5.32 Å². The van der Waals surface area contributed by atoms with Crippen LogP contribution in [0.3, 0.4) is 0 Å². The van der Waals surface area contributed by atoms with E-state index in [-0.39, 0.29) is 12.0 Å². The summed E-state index contributed by atoms with van der Waals surface area (Å²) in [7, 11) is -2.82. The molecule has 0 bridgehead atoms. The summed E-state index contributed by atoms with van der Waals surface area (Å²) in [5.74, 6) is 0.914. The van der Waals surface area contributed by atoms with E-state index in [2.05, 4.69) is 32.2 Å². The zero-order valence-corrected chi connectivity index (χ0v) is 13.5. The van der Waals surface area contributed by atoms with Crippen LogP contribution in [0.5, 0.6) is 0 Å². The number of aryl methyl sites for hydroxylation is 2. The minimum absolute atomic E-state index is 0.196.